The van der Waals surface area contributed by atoms with Crippen molar-refractivity contribution in [3.8, 4) is 0 Å². The van der Waals surface area contributed by atoms with Gasteiger partial charge in [0.1, 0.15) is 5.52 Å². The van der Waals surface area contributed by atoms with Crippen molar-refractivity contribution in [3.63, 3.8) is 0 Å². The molecule has 0 spiro atoms. The number of hydrogen-bond acceptors (Lipinski definition) is 4. The van der Waals surface area contributed by atoms with Gasteiger partial charge >= 0.3 is 0 Å². The molecule has 2 heterocycles. The fourth-order valence-corrected chi connectivity index (χ4v) is 2.81. The molecule has 3 rings (SSSR count). The zero-order chi connectivity index (χ0) is 15.4. The zero-order valence-corrected chi connectivity index (χ0v) is 13.9. The van der Waals surface area contributed by atoms with Crippen molar-refractivity contribution in [2.24, 2.45) is 5.92 Å². The lowest BCUT2D eigenvalue weighted by molar-refractivity contribution is -0.127. The fraction of sp³-hybridized carbons (Fsp3) is 0.438. The van der Waals surface area contributed by atoms with Gasteiger partial charge in [0.05, 0.1) is 11.2 Å². The highest BCUT2D eigenvalue weighted by Crippen LogP contribution is 2.26. The van der Waals surface area contributed by atoms with Gasteiger partial charge in [-0.3, -0.25) is 14.8 Å². The second-order valence-corrected chi connectivity index (χ2v) is 6.49. The minimum Gasteiger partial charge on any atom is -0.383 e. The Hall–Kier alpha value is -1.69. The molecule has 1 amide bonds. The predicted molar refractivity (Wildman–Crippen MR) is 90.7 cm³/mol. The Morgan fingerprint density at radius 1 is 1.32 bits per heavy atom. The lowest BCUT2D eigenvalue weighted by Gasteiger charge is -2.24. The van der Waals surface area contributed by atoms with E-state index in [2.05, 4.69) is 36.5 Å². The van der Waals surface area contributed by atoms with Crippen LogP contribution >= 0.6 is 15.9 Å². The standard InChI is InChI=1S/C16H19BrN4O/c17-12-9-14-15(21-10-12)13(5-8-19-14)18-6-2-7-20-16(22)11-3-1-4-11/h5,8-11H,1-4,6-7H2,(H,18,19)(H,20,22). The van der Waals surface area contributed by atoms with E-state index < -0.39 is 0 Å². The van der Waals surface area contributed by atoms with E-state index in [1.807, 2.05) is 12.1 Å². The van der Waals surface area contributed by atoms with Gasteiger partial charge in [0.2, 0.25) is 5.91 Å². The van der Waals surface area contributed by atoms with Crippen molar-refractivity contribution >= 4 is 38.6 Å². The average molecular weight is 363 g/mol. The first-order valence-electron chi connectivity index (χ1n) is 7.66. The van der Waals surface area contributed by atoms with Crippen molar-refractivity contribution in [2.75, 3.05) is 18.4 Å². The van der Waals surface area contributed by atoms with Gasteiger partial charge in [-0.25, -0.2) is 0 Å². The van der Waals surface area contributed by atoms with E-state index in [1.165, 1.54) is 6.42 Å². The van der Waals surface area contributed by atoms with Gasteiger partial charge in [0.25, 0.3) is 0 Å². The number of amides is 1. The second kappa shape index (κ2) is 7.05. The molecule has 116 valence electrons. The van der Waals surface area contributed by atoms with E-state index in [1.54, 1.807) is 12.4 Å². The van der Waals surface area contributed by atoms with Crippen LogP contribution in [0.4, 0.5) is 5.69 Å². The number of anilines is 1. The molecule has 0 atom stereocenters. The third-order valence-electron chi connectivity index (χ3n) is 3.99. The number of hydrogen-bond donors (Lipinski definition) is 2. The number of nitrogens with zero attached hydrogens (tertiary/aromatic N) is 2. The fourth-order valence-electron chi connectivity index (χ4n) is 2.49. The maximum Gasteiger partial charge on any atom is 0.223 e. The number of halogens is 1. The number of aromatic nitrogens is 2. The Morgan fingerprint density at radius 3 is 2.95 bits per heavy atom. The van der Waals surface area contributed by atoms with Crippen LogP contribution < -0.4 is 10.6 Å². The van der Waals surface area contributed by atoms with Crippen molar-refractivity contribution in [2.45, 2.75) is 25.7 Å². The van der Waals surface area contributed by atoms with Crippen LogP contribution in [0.3, 0.4) is 0 Å². The lowest BCUT2D eigenvalue weighted by Crippen LogP contribution is -2.35. The quantitative estimate of drug-likeness (QED) is 0.774. The molecule has 0 aliphatic heterocycles. The molecule has 2 aromatic heterocycles. The molecule has 1 saturated carbocycles. The van der Waals surface area contributed by atoms with Crippen LogP contribution in [0.15, 0.2) is 29.0 Å². The third kappa shape index (κ3) is 3.55. The van der Waals surface area contributed by atoms with Gasteiger partial charge in [0, 0.05) is 35.9 Å². The first-order valence-corrected chi connectivity index (χ1v) is 8.45. The summed E-state index contributed by atoms with van der Waals surface area (Å²) in [6, 6.07) is 3.88. The number of fused-ring (bicyclic) bond motifs is 1. The Labute approximate surface area is 138 Å². The molecule has 6 heteroatoms. The van der Waals surface area contributed by atoms with Gasteiger partial charge in [0.15, 0.2) is 0 Å². The topological polar surface area (TPSA) is 66.9 Å². The summed E-state index contributed by atoms with van der Waals surface area (Å²) in [4.78, 5) is 20.4. The van der Waals surface area contributed by atoms with Crippen LogP contribution in [0, 0.1) is 5.92 Å². The van der Waals surface area contributed by atoms with Crippen molar-refractivity contribution < 1.29 is 4.79 Å². The highest BCUT2D eigenvalue weighted by atomic mass is 79.9. The summed E-state index contributed by atoms with van der Waals surface area (Å²) in [5.41, 5.74) is 2.70. The molecule has 5 nitrogen and oxygen atoms in total. The number of carbonyl (C=O) groups excluding carboxylic acids is 1. The first-order chi connectivity index (χ1) is 10.7. The Balaban J connectivity index is 1.48. The van der Waals surface area contributed by atoms with E-state index in [9.17, 15) is 4.79 Å². The third-order valence-corrected chi connectivity index (χ3v) is 4.42. The summed E-state index contributed by atoms with van der Waals surface area (Å²) in [7, 11) is 0. The van der Waals surface area contributed by atoms with Gasteiger partial charge in [-0.2, -0.15) is 0 Å². The number of nitrogens with one attached hydrogen (secondary N) is 2. The van der Waals surface area contributed by atoms with Gasteiger partial charge in [-0.15, -0.1) is 0 Å². The SMILES string of the molecule is O=C(NCCCNc1ccnc2cc(Br)cnc12)C1CCC1. The van der Waals surface area contributed by atoms with Crippen LogP contribution in [-0.2, 0) is 4.79 Å². The smallest absolute Gasteiger partial charge is 0.223 e. The summed E-state index contributed by atoms with van der Waals surface area (Å²) in [5, 5.41) is 6.37. The van der Waals surface area contributed by atoms with Crippen molar-refractivity contribution in [1.82, 2.24) is 15.3 Å². The van der Waals surface area contributed by atoms with E-state index >= 15 is 0 Å². The van der Waals surface area contributed by atoms with E-state index in [-0.39, 0.29) is 11.8 Å². The number of carbonyl (C=O) groups is 1. The molecule has 1 aliphatic carbocycles. The summed E-state index contributed by atoms with van der Waals surface area (Å²) in [5.74, 6) is 0.479. The minimum absolute atomic E-state index is 0.215. The first kappa shape index (κ1) is 15.2. The highest BCUT2D eigenvalue weighted by Gasteiger charge is 2.24. The van der Waals surface area contributed by atoms with E-state index in [4.69, 9.17) is 0 Å². The number of rotatable bonds is 6. The van der Waals surface area contributed by atoms with Gasteiger partial charge in [-0.05, 0) is 47.3 Å². The molecule has 0 bridgehead atoms. The molecule has 2 N–H and O–H groups in total. The Morgan fingerprint density at radius 2 is 2.18 bits per heavy atom. The second-order valence-electron chi connectivity index (χ2n) is 5.58. The summed E-state index contributed by atoms with van der Waals surface area (Å²) in [6.45, 7) is 1.51. The van der Waals surface area contributed by atoms with Crippen LogP contribution in [0.2, 0.25) is 0 Å². The lowest BCUT2D eigenvalue weighted by atomic mass is 9.85. The Bertz CT molecular complexity index is 672. The molecule has 2 aromatic rings. The van der Waals surface area contributed by atoms with Crippen molar-refractivity contribution in [3.05, 3.63) is 29.0 Å². The highest BCUT2D eigenvalue weighted by molar-refractivity contribution is 9.10. The van der Waals surface area contributed by atoms with Crippen LogP contribution in [0.5, 0.6) is 0 Å². The van der Waals surface area contributed by atoms with Crippen LogP contribution in [0.25, 0.3) is 11.0 Å². The van der Waals surface area contributed by atoms with Crippen LogP contribution in [0.1, 0.15) is 25.7 Å². The molecule has 0 saturated heterocycles. The van der Waals surface area contributed by atoms with E-state index in [0.717, 1.165) is 47.0 Å². The van der Waals surface area contributed by atoms with E-state index in [0.29, 0.717) is 6.54 Å². The summed E-state index contributed by atoms with van der Waals surface area (Å²) in [6.07, 6.45) is 7.73. The Kier molecular flexibility index (Phi) is 4.87. The normalized spacial score (nSPS) is 14.6. The molecule has 1 fully saturated rings. The molecular formula is C16H19BrN4O. The minimum atomic E-state index is 0.215. The van der Waals surface area contributed by atoms with Crippen LogP contribution in [-0.4, -0.2) is 29.0 Å². The largest absolute Gasteiger partial charge is 0.383 e. The zero-order valence-electron chi connectivity index (χ0n) is 12.3. The molecular weight excluding hydrogens is 344 g/mol. The molecule has 0 aromatic carbocycles. The summed E-state index contributed by atoms with van der Waals surface area (Å²) < 4.78 is 0.920. The average Bonchev–Trinajstić information content (AvgIpc) is 2.44. The molecule has 22 heavy (non-hydrogen) atoms. The monoisotopic (exact) mass is 362 g/mol. The molecule has 0 unspecified atom stereocenters. The molecule has 0 radical (unpaired) electrons. The number of pyridine rings is 2. The predicted octanol–water partition coefficient (Wildman–Crippen LogP) is 3.11. The maximum atomic E-state index is 11.7. The van der Waals surface area contributed by atoms with Gasteiger partial charge < -0.3 is 10.6 Å². The maximum absolute atomic E-state index is 11.7. The van der Waals surface area contributed by atoms with Crippen molar-refractivity contribution in [1.29, 1.82) is 0 Å². The van der Waals surface area contributed by atoms with Gasteiger partial charge in [-0.1, -0.05) is 6.42 Å². The summed E-state index contributed by atoms with van der Waals surface area (Å²) >= 11 is 3.40. The molecule has 1 aliphatic rings.